The number of aryl methyl sites for hydroxylation is 1. The van der Waals surface area contributed by atoms with Gasteiger partial charge in [0, 0.05) is 23.5 Å². The number of nitrogens with one attached hydrogen (secondary N) is 1. The number of aromatic nitrogens is 2. The molecule has 4 heteroatoms. The molecule has 3 nitrogen and oxygen atoms in total. The Morgan fingerprint density at radius 2 is 2.16 bits per heavy atom. The van der Waals surface area contributed by atoms with Crippen molar-refractivity contribution in [2.75, 3.05) is 6.54 Å². The molecule has 0 radical (unpaired) electrons. The van der Waals surface area contributed by atoms with Gasteiger partial charge in [0.25, 0.3) is 0 Å². The van der Waals surface area contributed by atoms with E-state index >= 15 is 0 Å². The maximum absolute atomic E-state index is 4.81. The minimum atomic E-state index is 0.459. The zero-order chi connectivity index (χ0) is 13.8. The van der Waals surface area contributed by atoms with Crippen LogP contribution in [-0.4, -0.2) is 22.1 Å². The topological polar surface area (TPSA) is 29.9 Å². The van der Waals surface area contributed by atoms with Gasteiger partial charge in [-0.25, -0.2) is 4.98 Å². The van der Waals surface area contributed by atoms with Crippen LogP contribution in [0.25, 0.3) is 11.0 Å². The van der Waals surface area contributed by atoms with E-state index in [4.69, 9.17) is 4.98 Å². The molecule has 2 rings (SSSR count). The van der Waals surface area contributed by atoms with Crippen LogP contribution < -0.4 is 5.32 Å². The minimum absolute atomic E-state index is 0.459. The summed E-state index contributed by atoms with van der Waals surface area (Å²) in [4.78, 5) is 4.81. The lowest BCUT2D eigenvalue weighted by Gasteiger charge is -2.13. The molecular formula is C15H22BrN3. The van der Waals surface area contributed by atoms with Crippen LogP contribution in [0.5, 0.6) is 0 Å². The van der Waals surface area contributed by atoms with Crippen molar-refractivity contribution in [1.29, 1.82) is 0 Å². The number of imidazole rings is 1. The summed E-state index contributed by atoms with van der Waals surface area (Å²) >= 11 is 3.52. The fourth-order valence-corrected chi connectivity index (χ4v) is 2.83. The van der Waals surface area contributed by atoms with E-state index in [1.165, 1.54) is 11.3 Å². The molecule has 104 valence electrons. The van der Waals surface area contributed by atoms with E-state index in [0.29, 0.717) is 6.04 Å². The average Bonchev–Trinajstić information content (AvgIpc) is 2.67. The fraction of sp³-hybridized carbons (Fsp3) is 0.533. The minimum Gasteiger partial charge on any atom is -0.328 e. The largest absolute Gasteiger partial charge is 0.328 e. The summed E-state index contributed by atoms with van der Waals surface area (Å²) in [6.07, 6.45) is 2.10. The highest BCUT2D eigenvalue weighted by molar-refractivity contribution is 9.10. The van der Waals surface area contributed by atoms with Crippen LogP contribution in [0.2, 0.25) is 0 Å². The molecule has 19 heavy (non-hydrogen) atoms. The first-order chi connectivity index (χ1) is 9.15. The Bertz CT molecular complexity index is 548. The molecule has 0 bridgehead atoms. The Labute approximate surface area is 123 Å². The van der Waals surface area contributed by atoms with Crippen LogP contribution in [0.4, 0.5) is 0 Å². The van der Waals surface area contributed by atoms with Crippen LogP contribution in [0.15, 0.2) is 22.7 Å². The van der Waals surface area contributed by atoms with Gasteiger partial charge in [-0.1, -0.05) is 29.8 Å². The van der Waals surface area contributed by atoms with E-state index in [-0.39, 0.29) is 0 Å². The maximum Gasteiger partial charge on any atom is 0.111 e. The number of hydrogen-bond acceptors (Lipinski definition) is 2. The second-order valence-corrected chi connectivity index (χ2v) is 5.89. The van der Waals surface area contributed by atoms with E-state index in [2.05, 4.69) is 64.8 Å². The van der Waals surface area contributed by atoms with Crippen molar-refractivity contribution in [2.45, 2.75) is 46.2 Å². The first kappa shape index (κ1) is 14.5. The lowest BCUT2D eigenvalue weighted by atomic mass is 10.2. The third kappa shape index (κ3) is 3.37. The van der Waals surface area contributed by atoms with E-state index < -0.39 is 0 Å². The Morgan fingerprint density at radius 1 is 1.37 bits per heavy atom. The molecule has 0 saturated carbocycles. The second-order valence-electron chi connectivity index (χ2n) is 4.98. The fourth-order valence-electron chi connectivity index (χ4n) is 2.48. The van der Waals surface area contributed by atoms with Crippen molar-refractivity contribution in [3.8, 4) is 0 Å². The molecule has 1 atom stereocenters. The summed E-state index contributed by atoms with van der Waals surface area (Å²) in [6.45, 7) is 8.60. The predicted octanol–water partition coefficient (Wildman–Crippen LogP) is 3.75. The van der Waals surface area contributed by atoms with Gasteiger partial charge in [0.1, 0.15) is 5.82 Å². The van der Waals surface area contributed by atoms with Gasteiger partial charge in [-0.05, 0) is 38.1 Å². The van der Waals surface area contributed by atoms with Crippen molar-refractivity contribution in [3.05, 3.63) is 28.5 Å². The molecule has 0 fully saturated rings. The van der Waals surface area contributed by atoms with Crippen molar-refractivity contribution >= 4 is 27.0 Å². The van der Waals surface area contributed by atoms with Gasteiger partial charge in [-0.2, -0.15) is 0 Å². The molecular weight excluding hydrogens is 302 g/mol. The number of rotatable bonds is 6. The molecule has 0 aliphatic rings. The van der Waals surface area contributed by atoms with Crippen LogP contribution in [0, 0.1) is 0 Å². The summed E-state index contributed by atoms with van der Waals surface area (Å²) in [5.74, 6) is 1.18. The number of hydrogen-bond donors (Lipinski definition) is 1. The Balaban J connectivity index is 2.38. The zero-order valence-electron chi connectivity index (χ0n) is 11.9. The molecule has 0 aliphatic carbocycles. The summed E-state index contributed by atoms with van der Waals surface area (Å²) in [7, 11) is 0. The van der Waals surface area contributed by atoms with Crippen LogP contribution in [-0.2, 0) is 13.0 Å². The molecule has 1 heterocycles. The Morgan fingerprint density at radius 3 is 2.84 bits per heavy atom. The number of halogens is 1. The van der Waals surface area contributed by atoms with E-state index in [1.807, 2.05) is 0 Å². The third-order valence-electron chi connectivity index (χ3n) is 3.28. The molecule has 0 saturated heterocycles. The molecule has 1 aromatic heterocycles. The monoisotopic (exact) mass is 323 g/mol. The standard InChI is InChI=1S/C15H22BrN3/c1-4-8-19-14-7-6-12(16)10-13(14)18-15(19)9-11(3)17-5-2/h6-7,10-11,17H,4-5,8-9H2,1-3H3. The van der Waals surface area contributed by atoms with Crippen LogP contribution >= 0.6 is 15.9 Å². The van der Waals surface area contributed by atoms with Crippen molar-refractivity contribution < 1.29 is 0 Å². The Kier molecular flexibility index (Phi) is 4.99. The van der Waals surface area contributed by atoms with Crippen molar-refractivity contribution in [1.82, 2.24) is 14.9 Å². The normalized spacial score (nSPS) is 13.1. The van der Waals surface area contributed by atoms with Gasteiger partial charge >= 0.3 is 0 Å². The predicted molar refractivity (Wildman–Crippen MR) is 84.6 cm³/mol. The maximum atomic E-state index is 4.81. The SMILES string of the molecule is CCCn1c(CC(C)NCC)nc2cc(Br)ccc21. The van der Waals surface area contributed by atoms with Gasteiger partial charge in [-0.3, -0.25) is 0 Å². The highest BCUT2D eigenvalue weighted by atomic mass is 79.9. The van der Waals surface area contributed by atoms with Crippen molar-refractivity contribution in [3.63, 3.8) is 0 Å². The van der Waals surface area contributed by atoms with Crippen molar-refractivity contribution in [2.24, 2.45) is 0 Å². The van der Waals surface area contributed by atoms with Gasteiger partial charge in [0.2, 0.25) is 0 Å². The van der Waals surface area contributed by atoms with Crippen LogP contribution in [0.3, 0.4) is 0 Å². The molecule has 0 aliphatic heterocycles. The van der Waals surface area contributed by atoms with Crippen LogP contribution in [0.1, 0.15) is 33.0 Å². The number of nitrogens with zero attached hydrogens (tertiary/aromatic N) is 2. The Hall–Kier alpha value is -0.870. The zero-order valence-corrected chi connectivity index (χ0v) is 13.5. The summed E-state index contributed by atoms with van der Waals surface area (Å²) < 4.78 is 3.45. The quantitative estimate of drug-likeness (QED) is 0.877. The highest BCUT2D eigenvalue weighted by Gasteiger charge is 2.12. The number of fused-ring (bicyclic) bond motifs is 1. The summed E-state index contributed by atoms with van der Waals surface area (Å²) in [5, 5.41) is 3.46. The highest BCUT2D eigenvalue weighted by Crippen LogP contribution is 2.22. The molecule has 0 spiro atoms. The van der Waals surface area contributed by atoms with Gasteiger partial charge in [0.05, 0.1) is 11.0 Å². The molecule has 1 N–H and O–H groups in total. The summed E-state index contributed by atoms with van der Waals surface area (Å²) in [6, 6.07) is 6.81. The van der Waals surface area contributed by atoms with E-state index in [0.717, 1.165) is 35.9 Å². The van der Waals surface area contributed by atoms with Gasteiger partial charge in [-0.15, -0.1) is 0 Å². The third-order valence-corrected chi connectivity index (χ3v) is 3.77. The smallest absolute Gasteiger partial charge is 0.111 e. The first-order valence-corrected chi connectivity index (χ1v) is 7.83. The van der Waals surface area contributed by atoms with Gasteiger partial charge in [0.15, 0.2) is 0 Å². The molecule has 0 amide bonds. The number of benzene rings is 1. The van der Waals surface area contributed by atoms with E-state index in [9.17, 15) is 0 Å². The lowest BCUT2D eigenvalue weighted by molar-refractivity contribution is 0.532. The lowest BCUT2D eigenvalue weighted by Crippen LogP contribution is -2.28. The first-order valence-electron chi connectivity index (χ1n) is 7.03. The molecule has 1 unspecified atom stereocenters. The number of likely N-dealkylation sites (N-methyl/N-ethyl adjacent to an activating group) is 1. The molecule has 2 aromatic rings. The molecule has 1 aromatic carbocycles. The summed E-state index contributed by atoms with van der Waals surface area (Å²) in [5.41, 5.74) is 2.32. The average molecular weight is 324 g/mol. The second kappa shape index (κ2) is 6.53. The van der Waals surface area contributed by atoms with E-state index in [1.54, 1.807) is 0 Å². The van der Waals surface area contributed by atoms with Gasteiger partial charge < -0.3 is 9.88 Å².